The summed E-state index contributed by atoms with van der Waals surface area (Å²) in [5, 5.41) is 22.2. The van der Waals surface area contributed by atoms with Gasteiger partial charge in [0.1, 0.15) is 5.03 Å². The Balaban J connectivity index is 2.45. The predicted octanol–water partition coefficient (Wildman–Crippen LogP) is 0.263. The number of aliphatic hydroxyl groups is 2. The Morgan fingerprint density at radius 3 is 3.11 bits per heavy atom. The van der Waals surface area contributed by atoms with Crippen LogP contribution >= 0.6 is 11.8 Å². The summed E-state index contributed by atoms with van der Waals surface area (Å²) in [5.74, 6) is 0.443. The van der Waals surface area contributed by atoms with Gasteiger partial charge >= 0.3 is 0 Å². The molecule has 6 heteroatoms. The van der Waals surface area contributed by atoms with Crippen LogP contribution in [0.3, 0.4) is 0 Å². The molecule has 0 spiro atoms. The molecule has 1 heterocycles. The lowest BCUT2D eigenvalue weighted by atomic mass is 10.3. The second-order valence-electron chi connectivity index (χ2n) is 3.78. The maximum atomic E-state index is 9.33. The molecule has 18 heavy (non-hydrogen) atoms. The number of hydrogen-bond acceptors (Lipinski definition) is 6. The second kappa shape index (κ2) is 9.29. The first-order valence-electron chi connectivity index (χ1n) is 5.83. The molecule has 1 unspecified atom stereocenters. The van der Waals surface area contributed by atoms with Crippen molar-refractivity contribution in [2.24, 2.45) is 0 Å². The van der Waals surface area contributed by atoms with E-state index in [9.17, 15) is 5.11 Å². The van der Waals surface area contributed by atoms with Crippen LogP contribution in [0.2, 0.25) is 0 Å². The molecule has 0 saturated heterocycles. The fourth-order valence-electron chi connectivity index (χ4n) is 1.31. The van der Waals surface area contributed by atoms with E-state index in [2.05, 4.69) is 10.3 Å². The third kappa shape index (κ3) is 5.79. The largest absolute Gasteiger partial charge is 0.394 e. The summed E-state index contributed by atoms with van der Waals surface area (Å²) in [6.07, 6.45) is 1.03. The van der Waals surface area contributed by atoms with Crippen molar-refractivity contribution in [3.8, 4) is 0 Å². The van der Waals surface area contributed by atoms with E-state index in [1.54, 1.807) is 13.3 Å². The van der Waals surface area contributed by atoms with Crippen molar-refractivity contribution < 1.29 is 14.9 Å². The van der Waals surface area contributed by atoms with Crippen LogP contribution in [0.15, 0.2) is 23.4 Å². The van der Waals surface area contributed by atoms with E-state index in [4.69, 9.17) is 9.84 Å². The molecule has 0 saturated carbocycles. The smallest absolute Gasteiger partial charge is 0.101 e. The van der Waals surface area contributed by atoms with Crippen LogP contribution in [0.5, 0.6) is 0 Å². The molecule has 3 N–H and O–H groups in total. The highest BCUT2D eigenvalue weighted by Crippen LogP contribution is 2.20. The van der Waals surface area contributed by atoms with E-state index < -0.39 is 6.10 Å². The maximum absolute atomic E-state index is 9.33. The number of nitrogens with one attached hydrogen (secondary N) is 1. The van der Waals surface area contributed by atoms with E-state index in [-0.39, 0.29) is 6.61 Å². The summed E-state index contributed by atoms with van der Waals surface area (Å²) in [7, 11) is 1.67. The standard InChI is InChI=1S/C12H20N2O3S/c1-17-6-5-13-7-10-3-2-4-14-12(10)18-9-11(16)8-15/h2-4,11,13,15-16H,5-9H2,1H3. The average molecular weight is 272 g/mol. The number of nitrogens with zero attached hydrogens (tertiary/aromatic N) is 1. The van der Waals surface area contributed by atoms with Gasteiger partial charge in [-0.15, -0.1) is 11.8 Å². The zero-order valence-corrected chi connectivity index (χ0v) is 11.3. The SMILES string of the molecule is COCCNCc1cccnc1SCC(O)CO. The van der Waals surface area contributed by atoms with Crippen molar-refractivity contribution in [2.75, 3.05) is 32.6 Å². The molecule has 1 aromatic heterocycles. The van der Waals surface area contributed by atoms with E-state index in [1.165, 1.54) is 11.8 Å². The summed E-state index contributed by atoms with van der Waals surface area (Å²) in [6, 6.07) is 3.89. The number of aromatic nitrogens is 1. The third-order valence-corrected chi connectivity index (χ3v) is 3.46. The minimum absolute atomic E-state index is 0.221. The molecule has 0 aliphatic heterocycles. The molecule has 0 fully saturated rings. The number of rotatable bonds is 9. The molecule has 1 atom stereocenters. The first-order chi connectivity index (χ1) is 8.77. The van der Waals surface area contributed by atoms with Crippen LogP contribution in [0.1, 0.15) is 5.56 Å². The van der Waals surface area contributed by atoms with Gasteiger partial charge in [0.25, 0.3) is 0 Å². The second-order valence-corrected chi connectivity index (χ2v) is 4.79. The van der Waals surface area contributed by atoms with Crippen LogP contribution < -0.4 is 5.32 Å². The Morgan fingerprint density at radius 1 is 1.56 bits per heavy atom. The molecule has 1 aromatic rings. The maximum Gasteiger partial charge on any atom is 0.101 e. The fraction of sp³-hybridized carbons (Fsp3) is 0.583. The first-order valence-corrected chi connectivity index (χ1v) is 6.81. The number of methoxy groups -OCH3 is 1. The van der Waals surface area contributed by atoms with E-state index in [1.807, 2.05) is 12.1 Å². The first kappa shape index (κ1) is 15.4. The number of pyridine rings is 1. The minimum atomic E-state index is -0.702. The van der Waals surface area contributed by atoms with Gasteiger partial charge in [0, 0.05) is 32.1 Å². The zero-order chi connectivity index (χ0) is 13.2. The molecular weight excluding hydrogens is 252 g/mol. The normalized spacial score (nSPS) is 12.6. The number of ether oxygens (including phenoxy) is 1. The summed E-state index contributed by atoms with van der Waals surface area (Å²) < 4.78 is 4.96. The van der Waals surface area contributed by atoms with Gasteiger partial charge < -0.3 is 20.3 Å². The highest BCUT2D eigenvalue weighted by molar-refractivity contribution is 7.99. The van der Waals surface area contributed by atoms with E-state index >= 15 is 0 Å². The topological polar surface area (TPSA) is 74.6 Å². The lowest BCUT2D eigenvalue weighted by Gasteiger charge is -2.10. The predicted molar refractivity (Wildman–Crippen MR) is 71.6 cm³/mol. The van der Waals surface area contributed by atoms with Crippen LogP contribution in [-0.4, -0.2) is 53.9 Å². The van der Waals surface area contributed by atoms with Crippen LogP contribution in [0.4, 0.5) is 0 Å². The quantitative estimate of drug-likeness (QED) is 0.442. The van der Waals surface area contributed by atoms with Crippen molar-refractivity contribution in [1.29, 1.82) is 0 Å². The molecule has 0 radical (unpaired) electrons. The molecule has 0 aliphatic carbocycles. The van der Waals surface area contributed by atoms with Gasteiger partial charge in [0.05, 0.1) is 19.3 Å². The van der Waals surface area contributed by atoms with Crippen molar-refractivity contribution in [3.63, 3.8) is 0 Å². The average Bonchev–Trinajstić information content (AvgIpc) is 2.42. The van der Waals surface area contributed by atoms with Gasteiger partial charge in [0.2, 0.25) is 0 Å². The molecule has 1 rings (SSSR count). The molecule has 5 nitrogen and oxygen atoms in total. The highest BCUT2D eigenvalue weighted by Gasteiger charge is 2.07. The monoisotopic (exact) mass is 272 g/mol. The van der Waals surface area contributed by atoms with Crippen LogP contribution in [0, 0.1) is 0 Å². The van der Waals surface area contributed by atoms with E-state index in [0.717, 1.165) is 23.7 Å². The van der Waals surface area contributed by atoms with Crippen LogP contribution in [0.25, 0.3) is 0 Å². The Hall–Kier alpha value is -0.660. The Bertz CT molecular complexity index is 339. The zero-order valence-electron chi connectivity index (χ0n) is 10.5. The molecule has 0 aliphatic rings. The van der Waals surface area contributed by atoms with Crippen LogP contribution in [-0.2, 0) is 11.3 Å². The molecule has 102 valence electrons. The lowest BCUT2D eigenvalue weighted by Crippen LogP contribution is -2.19. The number of hydrogen-bond donors (Lipinski definition) is 3. The molecule has 0 bridgehead atoms. The van der Waals surface area contributed by atoms with E-state index in [0.29, 0.717) is 12.4 Å². The molecule has 0 aromatic carbocycles. The van der Waals surface area contributed by atoms with Crippen molar-refractivity contribution >= 4 is 11.8 Å². The van der Waals surface area contributed by atoms with Gasteiger partial charge in [-0.05, 0) is 11.6 Å². The Morgan fingerprint density at radius 2 is 2.39 bits per heavy atom. The fourth-order valence-corrected chi connectivity index (χ4v) is 2.23. The highest BCUT2D eigenvalue weighted by atomic mass is 32.2. The van der Waals surface area contributed by atoms with Gasteiger partial charge in [-0.1, -0.05) is 6.07 Å². The van der Waals surface area contributed by atoms with Crippen molar-refractivity contribution in [1.82, 2.24) is 10.3 Å². The van der Waals surface area contributed by atoms with Gasteiger partial charge in [-0.3, -0.25) is 0 Å². The summed E-state index contributed by atoms with van der Waals surface area (Å²) >= 11 is 1.45. The van der Waals surface area contributed by atoms with Crippen molar-refractivity contribution in [2.45, 2.75) is 17.7 Å². The van der Waals surface area contributed by atoms with Gasteiger partial charge in [0.15, 0.2) is 0 Å². The lowest BCUT2D eigenvalue weighted by molar-refractivity contribution is 0.113. The molecule has 0 amide bonds. The third-order valence-electron chi connectivity index (χ3n) is 2.27. The number of aliphatic hydroxyl groups excluding tert-OH is 2. The summed E-state index contributed by atoms with van der Waals surface area (Å²) in [6.45, 7) is 1.96. The number of thioether (sulfide) groups is 1. The van der Waals surface area contributed by atoms with Crippen molar-refractivity contribution in [3.05, 3.63) is 23.9 Å². The van der Waals surface area contributed by atoms with Gasteiger partial charge in [-0.2, -0.15) is 0 Å². The Labute approximate surface area is 112 Å². The minimum Gasteiger partial charge on any atom is -0.394 e. The molecular formula is C12H20N2O3S. The summed E-state index contributed by atoms with van der Waals surface area (Å²) in [4.78, 5) is 4.28. The van der Waals surface area contributed by atoms with Gasteiger partial charge in [-0.25, -0.2) is 4.98 Å². The Kier molecular flexibility index (Phi) is 7.95. The summed E-state index contributed by atoms with van der Waals surface area (Å²) in [5.41, 5.74) is 1.09.